The lowest BCUT2D eigenvalue weighted by Crippen LogP contribution is -2.09. The molecule has 1 N–H and O–H groups in total. The smallest absolute Gasteiger partial charge is 0.329 e. The normalized spacial score (nSPS) is 15.5. The Morgan fingerprint density at radius 2 is 2.40 bits per heavy atom. The Labute approximate surface area is 86.9 Å². The summed E-state index contributed by atoms with van der Waals surface area (Å²) in [7, 11) is 1.79. The Kier molecular flexibility index (Phi) is 2.68. The number of carbonyl (C=O) groups is 1. The topological polar surface area (TPSA) is 77.2 Å². The van der Waals surface area contributed by atoms with Gasteiger partial charge in [-0.05, 0) is 12.8 Å². The zero-order valence-electron chi connectivity index (χ0n) is 8.51. The first-order chi connectivity index (χ1) is 7.16. The van der Waals surface area contributed by atoms with Crippen molar-refractivity contribution < 1.29 is 14.6 Å². The van der Waals surface area contributed by atoms with Crippen LogP contribution in [0, 0.1) is 0 Å². The predicted octanol–water partition coefficient (Wildman–Crippen LogP) is 0.294. The number of aromatic nitrogens is 3. The van der Waals surface area contributed by atoms with Gasteiger partial charge in [0.2, 0.25) is 0 Å². The molecule has 15 heavy (non-hydrogen) atoms. The maximum atomic E-state index is 10.2. The quantitative estimate of drug-likeness (QED) is 0.757. The van der Waals surface area contributed by atoms with Crippen molar-refractivity contribution in [2.24, 2.45) is 7.05 Å². The second-order valence-electron chi connectivity index (χ2n) is 3.67. The van der Waals surface area contributed by atoms with Crippen LogP contribution in [0.3, 0.4) is 0 Å². The molecule has 82 valence electrons. The highest BCUT2D eigenvalue weighted by Crippen LogP contribution is 2.37. The molecule has 1 aliphatic rings. The Morgan fingerprint density at radius 1 is 1.67 bits per heavy atom. The van der Waals surface area contributed by atoms with Crippen LogP contribution in [0.2, 0.25) is 0 Å². The minimum absolute atomic E-state index is 0.197. The summed E-state index contributed by atoms with van der Waals surface area (Å²) in [5.41, 5.74) is 0. The molecule has 1 heterocycles. The first-order valence-corrected chi connectivity index (χ1v) is 4.86. The Hall–Kier alpha value is -1.43. The second kappa shape index (κ2) is 3.98. The molecule has 0 atom stereocenters. The van der Waals surface area contributed by atoms with E-state index in [1.54, 1.807) is 11.7 Å². The van der Waals surface area contributed by atoms with Crippen LogP contribution in [-0.2, 0) is 23.2 Å². The van der Waals surface area contributed by atoms with Crippen LogP contribution in [-0.4, -0.2) is 32.4 Å². The van der Waals surface area contributed by atoms with Crippen LogP contribution in [0.4, 0.5) is 0 Å². The van der Waals surface area contributed by atoms with Gasteiger partial charge in [-0.2, -0.15) is 5.10 Å². The minimum atomic E-state index is -0.973. The van der Waals surface area contributed by atoms with E-state index in [1.807, 2.05) is 0 Å². The average molecular weight is 211 g/mol. The fraction of sp³-hybridized carbons (Fsp3) is 0.667. The third kappa shape index (κ3) is 2.53. The van der Waals surface area contributed by atoms with E-state index < -0.39 is 5.97 Å². The molecule has 0 bridgehead atoms. The maximum absolute atomic E-state index is 10.2. The van der Waals surface area contributed by atoms with Crippen molar-refractivity contribution in [2.45, 2.75) is 25.4 Å². The number of hydrogen-bond acceptors (Lipinski definition) is 4. The standard InChI is InChI=1S/C9H13N3O3/c1-12-7(4-15-5-8(13)14)10-9(11-12)6-2-3-6/h6H,2-5H2,1H3,(H,13,14). The average Bonchev–Trinajstić information content (AvgIpc) is 2.93. The molecule has 1 fully saturated rings. The molecule has 2 rings (SSSR count). The van der Waals surface area contributed by atoms with Crippen LogP contribution in [0.25, 0.3) is 0 Å². The van der Waals surface area contributed by atoms with Gasteiger partial charge in [0.1, 0.15) is 13.2 Å². The van der Waals surface area contributed by atoms with Gasteiger partial charge >= 0.3 is 5.97 Å². The first kappa shape index (κ1) is 10.1. The molecule has 0 unspecified atom stereocenters. The molecular formula is C9H13N3O3. The molecule has 1 aromatic rings. The third-order valence-corrected chi connectivity index (χ3v) is 2.27. The fourth-order valence-electron chi connectivity index (χ4n) is 1.31. The first-order valence-electron chi connectivity index (χ1n) is 4.86. The third-order valence-electron chi connectivity index (χ3n) is 2.27. The summed E-state index contributed by atoms with van der Waals surface area (Å²) < 4.78 is 6.60. The van der Waals surface area contributed by atoms with E-state index in [4.69, 9.17) is 9.84 Å². The number of carboxylic acid groups (broad SMARTS) is 1. The fourth-order valence-corrected chi connectivity index (χ4v) is 1.31. The van der Waals surface area contributed by atoms with E-state index in [-0.39, 0.29) is 13.2 Å². The predicted molar refractivity (Wildman–Crippen MR) is 50.3 cm³/mol. The van der Waals surface area contributed by atoms with Gasteiger partial charge in [-0.25, -0.2) is 9.78 Å². The zero-order valence-corrected chi connectivity index (χ0v) is 8.51. The second-order valence-corrected chi connectivity index (χ2v) is 3.67. The van der Waals surface area contributed by atoms with Crippen LogP contribution in [0.1, 0.15) is 30.4 Å². The lowest BCUT2D eigenvalue weighted by Gasteiger charge is -1.99. The number of carboxylic acids is 1. The SMILES string of the molecule is Cn1nc(C2CC2)nc1COCC(=O)O. The summed E-state index contributed by atoms with van der Waals surface area (Å²) in [6.45, 7) is -0.103. The monoisotopic (exact) mass is 211 g/mol. The van der Waals surface area contributed by atoms with E-state index in [2.05, 4.69) is 10.1 Å². The Balaban J connectivity index is 1.92. The van der Waals surface area contributed by atoms with Crippen molar-refractivity contribution in [1.29, 1.82) is 0 Å². The lowest BCUT2D eigenvalue weighted by molar-refractivity contribution is -0.142. The van der Waals surface area contributed by atoms with Gasteiger partial charge in [-0.15, -0.1) is 0 Å². The lowest BCUT2D eigenvalue weighted by atomic mass is 10.4. The number of rotatable bonds is 5. The van der Waals surface area contributed by atoms with E-state index in [0.717, 1.165) is 18.7 Å². The summed E-state index contributed by atoms with van der Waals surface area (Å²) in [4.78, 5) is 14.5. The molecule has 0 radical (unpaired) electrons. The molecule has 0 amide bonds. The summed E-state index contributed by atoms with van der Waals surface area (Å²) in [5, 5.41) is 12.6. The van der Waals surface area contributed by atoms with Gasteiger partial charge in [-0.1, -0.05) is 0 Å². The van der Waals surface area contributed by atoms with Crippen molar-refractivity contribution in [2.75, 3.05) is 6.61 Å². The molecule has 1 saturated carbocycles. The summed E-state index contributed by atoms with van der Waals surface area (Å²) in [6, 6.07) is 0. The highest BCUT2D eigenvalue weighted by atomic mass is 16.5. The van der Waals surface area contributed by atoms with Crippen LogP contribution < -0.4 is 0 Å². The van der Waals surface area contributed by atoms with Crippen molar-refractivity contribution in [3.8, 4) is 0 Å². The summed E-state index contributed by atoms with van der Waals surface area (Å²) in [5.74, 6) is 1.06. The van der Waals surface area contributed by atoms with Crippen molar-refractivity contribution in [3.05, 3.63) is 11.6 Å². The molecule has 0 saturated heterocycles. The summed E-state index contributed by atoms with van der Waals surface area (Å²) in [6.07, 6.45) is 2.30. The number of aliphatic carboxylic acids is 1. The zero-order chi connectivity index (χ0) is 10.8. The van der Waals surface area contributed by atoms with Crippen LogP contribution >= 0.6 is 0 Å². The largest absolute Gasteiger partial charge is 0.480 e. The molecule has 6 heteroatoms. The molecule has 0 aliphatic heterocycles. The minimum Gasteiger partial charge on any atom is -0.480 e. The highest BCUT2D eigenvalue weighted by molar-refractivity contribution is 5.67. The number of nitrogens with zero attached hydrogens (tertiary/aromatic N) is 3. The van der Waals surface area contributed by atoms with Gasteiger partial charge in [-0.3, -0.25) is 4.68 Å². The van der Waals surface area contributed by atoms with E-state index in [9.17, 15) is 4.79 Å². The van der Waals surface area contributed by atoms with Gasteiger partial charge in [0.15, 0.2) is 11.6 Å². The van der Waals surface area contributed by atoms with Gasteiger partial charge in [0.25, 0.3) is 0 Å². The van der Waals surface area contributed by atoms with E-state index in [1.165, 1.54) is 0 Å². The molecule has 1 aromatic heterocycles. The highest BCUT2D eigenvalue weighted by Gasteiger charge is 2.28. The van der Waals surface area contributed by atoms with Crippen molar-refractivity contribution >= 4 is 5.97 Å². The van der Waals surface area contributed by atoms with Crippen molar-refractivity contribution in [3.63, 3.8) is 0 Å². The Bertz CT molecular complexity index is 371. The van der Waals surface area contributed by atoms with Gasteiger partial charge in [0, 0.05) is 13.0 Å². The van der Waals surface area contributed by atoms with E-state index in [0.29, 0.717) is 11.7 Å². The molecule has 6 nitrogen and oxygen atoms in total. The molecule has 0 aromatic carbocycles. The number of aryl methyl sites for hydroxylation is 1. The van der Waals surface area contributed by atoms with Gasteiger partial charge in [0.05, 0.1) is 0 Å². The molecular weight excluding hydrogens is 198 g/mol. The molecule has 1 aliphatic carbocycles. The van der Waals surface area contributed by atoms with Crippen molar-refractivity contribution in [1.82, 2.24) is 14.8 Å². The Morgan fingerprint density at radius 3 is 3.00 bits per heavy atom. The number of ether oxygens (including phenoxy) is 1. The van der Waals surface area contributed by atoms with E-state index >= 15 is 0 Å². The summed E-state index contributed by atoms with van der Waals surface area (Å²) >= 11 is 0. The van der Waals surface area contributed by atoms with Crippen LogP contribution in [0.5, 0.6) is 0 Å². The maximum Gasteiger partial charge on any atom is 0.329 e. The molecule has 0 spiro atoms. The van der Waals surface area contributed by atoms with Gasteiger partial charge < -0.3 is 9.84 Å². The number of hydrogen-bond donors (Lipinski definition) is 1. The van der Waals surface area contributed by atoms with Crippen LogP contribution in [0.15, 0.2) is 0 Å².